The number of aromatic nitrogens is 1. The molecular formula is C17H24N2O2. The lowest BCUT2D eigenvalue weighted by Crippen LogP contribution is -2.25. The monoisotopic (exact) mass is 288 g/mol. The molecule has 1 aliphatic heterocycles. The second-order valence-electron chi connectivity index (χ2n) is 5.96. The number of nitrogens with one attached hydrogen (secondary N) is 1. The number of nitrogens with zero attached hydrogens (tertiary/aromatic N) is 1. The minimum absolute atomic E-state index is 0.0963. The van der Waals surface area contributed by atoms with Gasteiger partial charge >= 0.3 is 0 Å². The van der Waals surface area contributed by atoms with Gasteiger partial charge in [0.05, 0.1) is 6.61 Å². The molecule has 0 saturated carbocycles. The molecule has 1 saturated heterocycles. The molecule has 1 fully saturated rings. The van der Waals surface area contributed by atoms with Crippen molar-refractivity contribution in [3.63, 3.8) is 0 Å². The molecule has 1 atom stereocenters. The van der Waals surface area contributed by atoms with Crippen molar-refractivity contribution in [2.75, 3.05) is 27.2 Å². The van der Waals surface area contributed by atoms with Gasteiger partial charge in [0.1, 0.15) is 5.75 Å². The van der Waals surface area contributed by atoms with Crippen LogP contribution in [-0.4, -0.2) is 43.4 Å². The Morgan fingerprint density at radius 1 is 1.33 bits per heavy atom. The van der Waals surface area contributed by atoms with E-state index in [1.54, 1.807) is 0 Å². The van der Waals surface area contributed by atoms with Crippen LogP contribution < -0.4 is 4.74 Å². The number of aromatic amines is 1. The summed E-state index contributed by atoms with van der Waals surface area (Å²) in [5.74, 6) is 0.939. The zero-order valence-electron chi connectivity index (χ0n) is 12.9. The van der Waals surface area contributed by atoms with Crippen LogP contribution in [0.25, 0.3) is 10.9 Å². The molecule has 1 N–H and O–H groups in total. The number of likely N-dealkylation sites (N-methyl/N-ethyl adjacent to an activating group) is 1. The second-order valence-corrected chi connectivity index (χ2v) is 5.96. The summed E-state index contributed by atoms with van der Waals surface area (Å²) in [5.41, 5.74) is 2.45. The van der Waals surface area contributed by atoms with Crippen molar-refractivity contribution >= 4 is 10.9 Å². The summed E-state index contributed by atoms with van der Waals surface area (Å²) in [6.45, 7) is 1.84. The van der Waals surface area contributed by atoms with E-state index in [-0.39, 0.29) is 6.29 Å². The van der Waals surface area contributed by atoms with E-state index in [4.69, 9.17) is 9.47 Å². The van der Waals surface area contributed by atoms with Gasteiger partial charge in [0.2, 0.25) is 0 Å². The largest absolute Gasteiger partial charge is 0.464 e. The van der Waals surface area contributed by atoms with Crippen LogP contribution in [0.2, 0.25) is 0 Å². The first kappa shape index (κ1) is 14.4. The summed E-state index contributed by atoms with van der Waals surface area (Å²) in [4.78, 5) is 5.55. The molecule has 114 valence electrons. The molecule has 21 heavy (non-hydrogen) atoms. The zero-order chi connectivity index (χ0) is 14.7. The van der Waals surface area contributed by atoms with Crippen LogP contribution in [0, 0.1) is 0 Å². The van der Waals surface area contributed by atoms with Crippen LogP contribution in [0.5, 0.6) is 5.75 Å². The summed E-state index contributed by atoms with van der Waals surface area (Å²) >= 11 is 0. The van der Waals surface area contributed by atoms with E-state index in [2.05, 4.69) is 36.2 Å². The Balaban J connectivity index is 1.84. The Hall–Kier alpha value is -1.52. The summed E-state index contributed by atoms with van der Waals surface area (Å²) in [6, 6.07) is 6.18. The van der Waals surface area contributed by atoms with E-state index in [1.165, 1.54) is 17.4 Å². The molecule has 1 aromatic heterocycles. The Labute approximate surface area is 126 Å². The number of ether oxygens (including phenoxy) is 2. The molecule has 1 unspecified atom stereocenters. The molecule has 0 aliphatic carbocycles. The van der Waals surface area contributed by atoms with Crippen molar-refractivity contribution in [3.8, 4) is 5.75 Å². The standard InChI is InChI=1S/C17H24N2O2/c1-19(2)10-9-13-12-18-14-6-5-7-15(17(13)14)21-16-8-3-4-11-20-16/h5-7,12,16,18H,3-4,8-11H2,1-2H3. The Morgan fingerprint density at radius 2 is 2.24 bits per heavy atom. The summed E-state index contributed by atoms with van der Waals surface area (Å²) in [5, 5.41) is 1.20. The highest BCUT2D eigenvalue weighted by Gasteiger charge is 2.18. The van der Waals surface area contributed by atoms with Gasteiger partial charge in [-0.05, 0) is 51.1 Å². The third-order valence-corrected chi connectivity index (χ3v) is 3.97. The molecule has 3 rings (SSSR count). The van der Waals surface area contributed by atoms with Crippen molar-refractivity contribution in [2.45, 2.75) is 32.0 Å². The van der Waals surface area contributed by atoms with E-state index in [9.17, 15) is 0 Å². The first-order valence-electron chi connectivity index (χ1n) is 7.76. The van der Waals surface area contributed by atoms with Crippen LogP contribution in [0.4, 0.5) is 0 Å². The highest BCUT2D eigenvalue weighted by molar-refractivity contribution is 5.89. The van der Waals surface area contributed by atoms with Gasteiger partial charge in [0, 0.05) is 30.1 Å². The van der Waals surface area contributed by atoms with Crippen molar-refractivity contribution in [3.05, 3.63) is 30.0 Å². The molecule has 4 heteroatoms. The van der Waals surface area contributed by atoms with Crippen LogP contribution in [-0.2, 0) is 11.2 Å². The highest BCUT2D eigenvalue weighted by atomic mass is 16.7. The fourth-order valence-electron chi connectivity index (χ4n) is 2.80. The molecule has 4 nitrogen and oxygen atoms in total. The summed E-state index contributed by atoms with van der Waals surface area (Å²) in [6.07, 6.45) is 6.32. The Morgan fingerprint density at radius 3 is 3.00 bits per heavy atom. The van der Waals surface area contributed by atoms with Gasteiger partial charge < -0.3 is 19.4 Å². The van der Waals surface area contributed by atoms with Gasteiger partial charge in [0.15, 0.2) is 6.29 Å². The number of rotatable bonds is 5. The van der Waals surface area contributed by atoms with Gasteiger partial charge in [-0.2, -0.15) is 0 Å². The maximum Gasteiger partial charge on any atom is 0.199 e. The van der Waals surface area contributed by atoms with E-state index >= 15 is 0 Å². The lowest BCUT2D eigenvalue weighted by Gasteiger charge is -2.24. The van der Waals surface area contributed by atoms with Crippen LogP contribution in [0.1, 0.15) is 24.8 Å². The smallest absolute Gasteiger partial charge is 0.199 e. The average Bonchev–Trinajstić information content (AvgIpc) is 2.90. The zero-order valence-corrected chi connectivity index (χ0v) is 12.9. The SMILES string of the molecule is CN(C)CCc1c[nH]c2cccc(OC3CCCCO3)c12. The van der Waals surface area contributed by atoms with Crippen molar-refractivity contribution < 1.29 is 9.47 Å². The molecular weight excluding hydrogens is 264 g/mol. The van der Waals surface area contributed by atoms with Crippen LogP contribution in [0.15, 0.2) is 24.4 Å². The number of hydrogen-bond donors (Lipinski definition) is 1. The maximum absolute atomic E-state index is 6.12. The second kappa shape index (κ2) is 6.50. The molecule has 2 heterocycles. The fraction of sp³-hybridized carbons (Fsp3) is 0.529. The topological polar surface area (TPSA) is 37.5 Å². The molecule has 1 aromatic carbocycles. The summed E-state index contributed by atoms with van der Waals surface area (Å²) < 4.78 is 11.8. The quantitative estimate of drug-likeness (QED) is 0.918. The van der Waals surface area contributed by atoms with Crippen molar-refractivity contribution in [1.29, 1.82) is 0 Å². The third-order valence-electron chi connectivity index (χ3n) is 3.97. The third kappa shape index (κ3) is 3.39. The molecule has 1 aliphatic rings. The van der Waals surface area contributed by atoms with Gasteiger partial charge in [-0.15, -0.1) is 0 Å². The van der Waals surface area contributed by atoms with E-state index in [0.29, 0.717) is 0 Å². The molecule has 0 spiro atoms. The van der Waals surface area contributed by atoms with Crippen molar-refractivity contribution in [2.24, 2.45) is 0 Å². The van der Waals surface area contributed by atoms with Crippen LogP contribution >= 0.6 is 0 Å². The van der Waals surface area contributed by atoms with Gasteiger partial charge in [0.25, 0.3) is 0 Å². The highest BCUT2D eigenvalue weighted by Crippen LogP contribution is 2.31. The van der Waals surface area contributed by atoms with E-state index < -0.39 is 0 Å². The minimum atomic E-state index is -0.0963. The minimum Gasteiger partial charge on any atom is -0.464 e. The van der Waals surface area contributed by atoms with E-state index in [1.807, 2.05) is 12.1 Å². The number of hydrogen-bond acceptors (Lipinski definition) is 3. The Kier molecular flexibility index (Phi) is 4.46. The number of benzene rings is 1. The predicted molar refractivity (Wildman–Crippen MR) is 84.8 cm³/mol. The molecule has 2 aromatic rings. The van der Waals surface area contributed by atoms with Gasteiger partial charge in [-0.1, -0.05) is 6.07 Å². The first-order valence-corrected chi connectivity index (χ1v) is 7.76. The molecule has 0 radical (unpaired) electrons. The van der Waals surface area contributed by atoms with Crippen LogP contribution in [0.3, 0.4) is 0 Å². The first-order chi connectivity index (χ1) is 10.2. The predicted octanol–water partition coefficient (Wildman–Crippen LogP) is 3.18. The number of H-pyrrole nitrogens is 1. The van der Waals surface area contributed by atoms with E-state index in [0.717, 1.165) is 43.7 Å². The van der Waals surface area contributed by atoms with Gasteiger partial charge in [-0.25, -0.2) is 0 Å². The average molecular weight is 288 g/mol. The Bertz CT molecular complexity index is 585. The summed E-state index contributed by atoms with van der Waals surface area (Å²) in [7, 11) is 4.20. The number of fused-ring (bicyclic) bond motifs is 1. The normalized spacial score (nSPS) is 19.3. The fourth-order valence-corrected chi connectivity index (χ4v) is 2.80. The lowest BCUT2D eigenvalue weighted by atomic mass is 10.1. The molecule has 0 amide bonds. The lowest BCUT2D eigenvalue weighted by molar-refractivity contribution is -0.105. The maximum atomic E-state index is 6.12. The van der Waals surface area contributed by atoms with Gasteiger partial charge in [-0.3, -0.25) is 0 Å². The van der Waals surface area contributed by atoms with Crippen molar-refractivity contribution in [1.82, 2.24) is 9.88 Å². The molecule has 0 bridgehead atoms.